The summed E-state index contributed by atoms with van der Waals surface area (Å²) >= 11 is 0. The van der Waals surface area contributed by atoms with Crippen LogP contribution in [0.4, 0.5) is 4.79 Å². The van der Waals surface area contributed by atoms with Gasteiger partial charge in [-0.1, -0.05) is 30.3 Å². The molecule has 0 spiro atoms. The van der Waals surface area contributed by atoms with Crippen LogP contribution >= 0.6 is 0 Å². The molecule has 1 atom stereocenters. The molecular formula is C19H26N2O. The Hall–Kier alpha value is -1.51. The van der Waals surface area contributed by atoms with Crippen LogP contribution in [0.3, 0.4) is 0 Å². The van der Waals surface area contributed by atoms with Gasteiger partial charge in [0.2, 0.25) is 0 Å². The van der Waals surface area contributed by atoms with Crippen molar-refractivity contribution in [3.63, 3.8) is 0 Å². The topological polar surface area (TPSA) is 41.1 Å². The molecule has 2 amide bonds. The number of hydrogen-bond acceptors (Lipinski definition) is 1. The van der Waals surface area contributed by atoms with Crippen molar-refractivity contribution in [2.75, 3.05) is 0 Å². The van der Waals surface area contributed by atoms with Gasteiger partial charge in [-0.3, -0.25) is 0 Å². The van der Waals surface area contributed by atoms with Crippen molar-refractivity contribution in [1.82, 2.24) is 10.6 Å². The Bertz CT molecular complexity index is 514. The quantitative estimate of drug-likeness (QED) is 0.874. The van der Waals surface area contributed by atoms with E-state index in [1.165, 1.54) is 32.1 Å². The second kappa shape index (κ2) is 5.60. The zero-order valence-corrected chi connectivity index (χ0v) is 13.3. The lowest BCUT2D eigenvalue weighted by molar-refractivity contribution is -0.00950. The van der Waals surface area contributed by atoms with Crippen molar-refractivity contribution in [3.8, 4) is 0 Å². The van der Waals surface area contributed by atoms with E-state index in [1.54, 1.807) is 0 Å². The average Bonchev–Trinajstić information content (AvgIpc) is 2.51. The van der Waals surface area contributed by atoms with Gasteiger partial charge in [-0.25, -0.2) is 4.79 Å². The van der Waals surface area contributed by atoms with Crippen LogP contribution in [0.5, 0.6) is 0 Å². The van der Waals surface area contributed by atoms with Crippen LogP contribution in [0, 0.1) is 23.7 Å². The molecule has 4 aliphatic rings. The van der Waals surface area contributed by atoms with Crippen molar-refractivity contribution >= 4 is 6.03 Å². The summed E-state index contributed by atoms with van der Waals surface area (Å²) in [7, 11) is 0. The minimum absolute atomic E-state index is 0.00817. The largest absolute Gasteiger partial charge is 0.335 e. The first-order valence-electron chi connectivity index (χ1n) is 8.81. The number of benzene rings is 1. The summed E-state index contributed by atoms with van der Waals surface area (Å²) in [5.74, 6) is 3.36. The van der Waals surface area contributed by atoms with Crippen LogP contribution < -0.4 is 10.6 Å². The van der Waals surface area contributed by atoms with Gasteiger partial charge >= 0.3 is 6.03 Å². The van der Waals surface area contributed by atoms with Crippen molar-refractivity contribution < 1.29 is 4.79 Å². The monoisotopic (exact) mass is 298 g/mol. The molecule has 4 saturated carbocycles. The molecule has 3 nitrogen and oxygen atoms in total. The van der Waals surface area contributed by atoms with Crippen molar-refractivity contribution in [2.24, 2.45) is 23.7 Å². The molecule has 3 heteroatoms. The van der Waals surface area contributed by atoms with Crippen molar-refractivity contribution in [2.45, 2.75) is 51.1 Å². The molecule has 2 N–H and O–H groups in total. The number of carbonyl (C=O) groups is 1. The molecule has 0 saturated heterocycles. The number of carbonyl (C=O) groups excluding carboxylic acids is 1. The van der Waals surface area contributed by atoms with Gasteiger partial charge in [0.1, 0.15) is 0 Å². The Morgan fingerprint density at radius 2 is 1.59 bits per heavy atom. The van der Waals surface area contributed by atoms with Gasteiger partial charge in [-0.2, -0.15) is 0 Å². The number of rotatable bonds is 3. The zero-order valence-electron chi connectivity index (χ0n) is 13.3. The number of urea groups is 1. The van der Waals surface area contributed by atoms with Gasteiger partial charge in [0.25, 0.3) is 0 Å². The third-order valence-electron chi connectivity index (χ3n) is 6.17. The first-order chi connectivity index (χ1) is 10.7. The molecule has 1 aromatic rings. The Kier molecular flexibility index (Phi) is 3.59. The lowest BCUT2D eigenvalue weighted by atomic mass is 9.54. The molecule has 4 bridgehead atoms. The van der Waals surface area contributed by atoms with Crippen LogP contribution in [0.15, 0.2) is 30.3 Å². The van der Waals surface area contributed by atoms with Gasteiger partial charge in [0, 0.05) is 6.04 Å². The minimum atomic E-state index is 0.00817. The Morgan fingerprint density at radius 3 is 2.18 bits per heavy atom. The number of amides is 2. The molecule has 4 fully saturated rings. The van der Waals surface area contributed by atoms with Crippen LogP contribution in [0.25, 0.3) is 0 Å². The van der Waals surface area contributed by atoms with Gasteiger partial charge < -0.3 is 10.6 Å². The predicted molar refractivity (Wildman–Crippen MR) is 87.4 cm³/mol. The average molecular weight is 298 g/mol. The highest BCUT2D eigenvalue weighted by Crippen LogP contribution is 2.53. The fourth-order valence-corrected chi connectivity index (χ4v) is 5.38. The Balaban J connectivity index is 1.36. The molecule has 0 heterocycles. The minimum Gasteiger partial charge on any atom is -0.335 e. The first kappa shape index (κ1) is 14.1. The molecule has 0 radical (unpaired) electrons. The van der Waals surface area contributed by atoms with E-state index in [1.807, 2.05) is 25.1 Å². The molecular weight excluding hydrogens is 272 g/mol. The highest BCUT2D eigenvalue weighted by atomic mass is 16.2. The molecule has 22 heavy (non-hydrogen) atoms. The van der Waals surface area contributed by atoms with Crippen LogP contribution in [0.1, 0.15) is 50.6 Å². The maximum Gasteiger partial charge on any atom is 0.315 e. The predicted octanol–water partition coefficient (Wildman–Crippen LogP) is 3.87. The third kappa shape index (κ3) is 2.62. The van der Waals surface area contributed by atoms with E-state index >= 15 is 0 Å². The smallest absolute Gasteiger partial charge is 0.315 e. The summed E-state index contributed by atoms with van der Waals surface area (Å²) in [5.41, 5.74) is 1.16. The molecule has 4 aliphatic carbocycles. The normalized spacial score (nSPS) is 36.9. The molecule has 1 aromatic carbocycles. The standard InChI is InChI=1S/C19H26N2O/c1-12(15-5-3-2-4-6-15)20-19(22)21-18-16-8-13-7-14(10-16)11-17(18)9-13/h2-6,12-14,16-18H,7-11H2,1H3,(H2,20,21,22)/t12-,13?,14?,16?,17?,18?/m0/s1. The molecule has 0 aliphatic heterocycles. The highest BCUT2D eigenvalue weighted by Gasteiger charge is 2.48. The number of hydrogen-bond donors (Lipinski definition) is 2. The second-order valence-electron chi connectivity index (χ2n) is 7.71. The van der Waals surface area contributed by atoms with E-state index in [0.717, 1.165) is 29.2 Å². The summed E-state index contributed by atoms with van der Waals surface area (Å²) in [6.07, 6.45) is 6.81. The van der Waals surface area contributed by atoms with Gasteiger partial charge in [0.05, 0.1) is 6.04 Å². The van der Waals surface area contributed by atoms with E-state index in [9.17, 15) is 4.79 Å². The van der Waals surface area contributed by atoms with E-state index in [-0.39, 0.29) is 12.1 Å². The first-order valence-corrected chi connectivity index (χ1v) is 8.81. The molecule has 0 aromatic heterocycles. The highest BCUT2D eigenvalue weighted by molar-refractivity contribution is 5.74. The zero-order chi connectivity index (χ0) is 15.1. The lowest BCUT2D eigenvalue weighted by Gasteiger charge is -2.54. The summed E-state index contributed by atoms with van der Waals surface area (Å²) in [6, 6.07) is 10.6. The van der Waals surface area contributed by atoms with Crippen LogP contribution in [-0.2, 0) is 0 Å². The fraction of sp³-hybridized carbons (Fsp3) is 0.632. The van der Waals surface area contributed by atoms with Gasteiger partial charge in [-0.05, 0) is 68.3 Å². The van der Waals surface area contributed by atoms with E-state index in [4.69, 9.17) is 0 Å². The maximum absolute atomic E-state index is 12.4. The Labute approximate surface area is 132 Å². The summed E-state index contributed by atoms with van der Waals surface area (Å²) in [5, 5.41) is 6.42. The second-order valence-corrected chi connectivity index (χ2v) is 7.71. The molecule has 118 valence electrons. The summed E-state index contributed by atoms with van der Waals surface area (Å²) in [4.78, 5) is 12.4. The van der Waals surface area contributed by atoms with Crippen LogP contribution in [0.2, 0.25) is 0 Å². The molecule has 5 rings (SSSR count). The third-order valence-corrected chi connectivity index (χ3v) is 6.17. The van der Waals surface area contributed by atoms with E-state index in [0.29, 0.717) is 6.04 Å². The van der Waals surface area contributed by atoms with Crippen LogP contribution in [-0.4, -0.2) is 12.1 Å². The van der Waals surface area contributed by atoms with Gasteiger partial charge in [-0.15, -0.1) is 0 Å². The van der Waals surface area contributed by atoms with E-state index in [2.05, 4.69) is 22.8 Å². The molecule has 0 unspecified atom stereocenters. The lowest BCUT2D eigenvalue weighted by Crippen LogP contribution is -2.57. The SMILES string of the molecule is C[C@H](NC(=O)NC1C2CC3CC(C2)CC1C3)c1ccccc1. The van der Waals surface area contributed by atoms with E-state index < -0.39 is 0 Å². The van der Waals surface area contributed by atoms with Gasteiger partial charge in [0.15, 0.2) is 0 Å². The summed E-state index contributed by atoms with van der Waals surface area (Å²) in [6.45, 7) is 2.05. The number of nitrogens with one attached hydrogen (secondary N) is 2. The van der Waals surface area contributed by atoms with Crippen molar-refractivity contribution in [1.29, 1.82) is 0 Å². The Morgan fingerprint density at radius 1 is 1.00 bits per heavy atom. The fourth-order valence-electron chi connectivity index (χ4n) is 5.38. The summed E-state index contributed by atoms with van der Waals surface area (Å²) < 4.78 is 0. The van der Waals surface area contributed by atoms with Crippen molar-refractivity contribution in [3.05, 3.63) is 35.9 Å². The maximum atomic E-state index is 12.4.